The molecular weight excluding hydrogens is 247 g/mol. The first-order valence-electron chi connectivity index (χ1n) is 6.42. The van der Waals surface area contributed by atoms with E-state index in [1.807, 2.05) is 6.92 Å². The van der Waals surface area contributed by atoms with Crippen molar-refractivity contribution in [1.82, 2.24) is 0 Å². The minimum atomic E-state index is -0.262. The molecule has 2 unspecified atom stereocenters. The Bertz CT molecular complexity index is 427. The van der Waals surface area contributed by atoms with Crippen LogP contribution in [-0.4, -0.2) is 39.5 Å². The summed E-state index contributed by atoms with van der Waals surface area (Å²) >= 11 is 0. The number of ether oxygens (including phenoxy) is 2. The van der Waals surface area contributed by atoms with Crippen LogP contribution < -0.4 is 10.6 Å². The molecule has 4 nitrogen and oxygen atoms in total. The highest BCUT2D eigenvalue weighted by molar-refractivity contribution is 5.56. The van der Waals surface area contributed by atoms with Crippen molar-refractivity contribution in [2.75, 3.05) is 32.2 Å². The summed E-state index contributed by atoms with van der Waals surface area (Å²) < 4.78 is 24.2. The molecule has 19 heavy (non-hydrogen) atoms. The second-order valence-corrected chi connectivity index (χ2v) is 4.95. The van der Waals surface area contributed by atoms with Crippen molar-refractivity contribution in [3.8, 4) is 0 Å². The standard InChI is InChI=1S/C14H21FN2O2/c1-9(16)11-6-10(15)4-5-12(11)17-7-13(18-2)14(8-17)19-3/h4-6,9,13-14H,7-8,16H2,1-3H3/t9-,13?,14?/m1/s1. The average Bonchev–Trinajstić information content (AvgIpc) is 2.81. The molecule has 0 bridgehead atoms. The largest absolute Gasteiger partial charge is 0.377 e. The van der Waals surface area contributed by atoms with E-state index in [2.05, 4.69) is 4.90 Å². The van der Waals surface area contributed by atoms with E-state index < -0.39 is 0 Å². The first-order chi connectivity index (χ1) is 9.06. The summed E-state index contributed by atoms with van der Waals surface area (Å²) in [5, 5.41) is 0. The maximum absolute atomic E-state index is 13.4. The van der Waals surface area contributed by atoms with Crippen LogP contribution in [0.1, 0.15) is 18.5 Å². The van der Waals surface area contributed by atoms with Crippen LogP contribution in [0.2, 0.25) is 0 Å². The Morgan fingerprint density at radius 3 is 2.32 bits per heavy atom. The minimum absolute atomic E-state index is 0.0241. The fourth-order valence-electron chi connectivity index (χ4n) is 2.57. The second-order valence-electron chi connectivity index (χ2n) is 4.95. The number of rotatable bonds is 4. The number of hydrogen-bond donors (Lipinski definition) is 1. The normalized spacial score (nSPS) is 24.8. The summed E-state index contributed by atoms with van der Waals surface area (Å²) in [6, 6.07) is 4.53. The van der Waals surface area contributed by atoms with Crippen molar-refractivity contribution in [1.29, 1.82) is 0 Å². The van der Waals surface area contributed by atoms with Gasteiger partial charge in [0.05, 0.1) is 0 Å². The highest BCUT2D eigenvalue weighted by Crippen LogP contribution is 2.30. The molecule has 0 amide bonds. The number of hydrogen-bond acceptors (Lipinski definition) is 4. The summed E-state index contributed by atoms with van der Waals surface area (Å²) in [6.45, 7) is 3.30. The summed E-state index contributed by atoms with van der Waals surface area (Å²) in [4.78, 5) is 2.14. The molecule has 2 rings (SSSR count). The Hall–Kier alpha value is -1.17. The van der Waals surface area contributed by atoms with Gasteiger partial charge in [-0.05, 0) is 30.7 Å². The summed E-state index contributed by atoms with van der Waals surface area (Å²) in [7, 11) is 3.36. The van der Waals surface area contributed by atoms with Gasteiger partial charge in [-0.2, -0.15) is 0 Å². The zero-order valence-corrected chi connectivity index (χ0v) is 11.6. The van der Waals surface area contributed by atoms with E-state index in [9.17, 15) is 4.39 Å². The molecule has 2 N–H and O–H groups in total. The lowest BCUT2D eigenvalue weighted by Gasteiger charge is -2.23. The molecule has 0 spiro atoms. The van der Waals surface area contributed by atoms with Crippen LogP contribution in [0.4, 0.5) is 10.1 Å². The van der Waals surface area contributed by atoms with Crippen molar-refractivity contribution in [3.05, 3.63) is 29.6 Å². The number of anilines is 1. The molecule has 0 aliphatic carbocycles. The smallest absolute Gasteiger partial charge is 0.123 e. The SMILES string of the molecule is COC1CN(c2ccc(F)cc2[C@@H](C)N)CC1OC. The van der Waals surface area contributed by atoms with Gasteiger partial charge in [-0.25, -0.2) is 4.39 Å². The lowest BCUT2D eigenvalue weighted by molar-refractivity contribution is -0.00461. The van der Waals surface area contributed by atoms with E-state index in [0.29, 0.717) is 0 Å². The van der Waals surface area contributed by atoms with Gasteiger partial charge in [0.2, 0.25) is 0 Å². The molecule has 0 aromatic heterocycles. The van der Waals surface area contributed by atoms with Gasteiger partial charge in [0.1, 0.15) is 18.0 Å². The lowest BCUT2D eigenvalue weighted by Crippen LogP contribution is -2.27. The summed E-state index contributed by atoms with van der Waals surface area (Å²) in [6.07, 6.45) is 0.0481. The third-order valence-electron chi connectivity index (χ3n) is 3.64. The Kier molecular flexibility index (Phi) is 4.39. The Labute approximate surface area is 113 Å². The fourth-order valence-corrected chi connectivity index (χ4v) is 2.57. The molecule has 1 aliphatic rings. The number of methoxy groups -OCH3 is 2. The highest BCUT2D eigenvalue weighted by atomic mass is 19.1. The van der Waals surface area contributed by atoms with Gasteiger partial charge in [0.25, 0.3) is 0 Å². The average molecular weight is 268 g/mol. The lowest BCUT2D eigenvalue weighted by atomic mass is 10.1. The van der Waals surface area contributed by atoms with Crippen LogP contribution in [0.25, 0.3) is 0 Å². The molecule has 3 atom stereocenters. The van der Waals surface area contributed by atoms with Crippen LogP contribution in [0, 0.1) is 5.82 Å². The first-order valence-corrected chi connectivity index (χ1v) is 6.42. The number of halogens is 1. The van der Waals surface area contributed by atoms with E-state index in [4.69, 9.17) is 15.2 Å². The molecule has 0 saturated carbocycles. The minimum Gasteiger partial charge on any atom is -0.377 e. The van der Waals surface area contributed by atoms with Crippen LogP contribution in [-0.2, 0) is 9.47 Å². The first kappa shape index (κ1) is 14.2. The molecule has 1 saturated heterocycles. The van der Waals surface area contributed by atoms with Gasteiger partial charge in [-0.15, -0.1) is 0 Å². The van der Waals surface area contributed by atoms with Gasteiger partial charge < -0.3 is 20.1 Å². The molecule has 1 heterocycles. The van der Waals surface area contributed by atoms with Crippen molar-refractivity contribution in [3.63, 3.8) is 0 Å². The number of nitrogens with zero attached hydrogens (tertiary/aromatic N) is 1. The van der Waals surface area contributed by atoms with E-state index in [0.717, 1.165) is 24.3 Å². The second kappa shape index (κ2) is 5.86. The van der Waals surface area contributed by atoms with Gasteiger partial charge in [0.15, 0.2) is 0 Å². The van der Waals surface area contributed by atoms with Crippen molar-refractivity contribution in [2.45, 2.75) is 25.2 Å². The molecule has 106 valence electrons. The van der Waals surface area contributed by atoms with Crippen LogP contribution in [0.15, 0.2) is 18.2 Å². The van der Waals surface area contributed by atoms with Gasteiger partial charge in [-0.3, -0.25) is 0 Å². The topological polar surface area (TPSA) is 47.7 Å². The molecule has 5 heteroatoms. The van der Waals surface area contributed by atoms with Crippen LogP contribution >= 0.6 is 0 Å². The maximum atomic E-state index is 13.4. The predicted octanol–water partition coefficient (Wildman–Crippen LogP) is 1.70. The van der Waals surface area contributed by atoms with Crippen molar-refractivity contribution in [2.24, 2.45) is 5.73 Å². The monoisotopic (exact) mass is 268 g/mol. The highest BCUT2D eigenvalue weighted by Gasteiger charge is 2.34. The van der Waals surface area contributed by atoms with E-state index >= 15 is 0 Å². The third-order valence-corrected chi connectivity index (χ3v) is 3.64. The van der Waals surface area contributed by atoms with Gasteiger partial charge in [-0.1, -0.05) is 0 Å². The van der Waals surface area contributed by atoms with Crippen LogP contribution in [0.3, 0.4) is 0 Å². The zero-order valence-electron chi connectivity index (χ0n) is 11.6. The predicted molar refractivity (Wildman–Crippen MR) is 72.8 cm³/mol. The maximum Gasteiger partial charge on any atom is 0.123 e. The van der Waals surface area contributed by atoms with E-state index in [1.165, 1.54) is 12.1 Å². The Morgan fingerprint density at radius 2 is 1.84 bits per heavy atom. The van der Waals surface area contributed by atoms with Gasteiger partial charge in [0, 0.05) is 39.0 Å². The van der Waals surface area contributed by atoms with E-state index in [-0.39, 0.29) is 24.1 Å². The molecule has 1 aromatic rings. The van der Waals surface area contributed by atoms with Crippen molar-refractivity contribution < 1.29 is 13.9 Å². The Balaban J connectivity index is 2.28. The number of nitrogens with two attached hydrogens (primary N) is 1. The zero-order chi connectivity index (χ0) is 14.0. The van der Waals surface area contributed by atoms with Gasteiger partial charge >= 0.3 is 0 Å². The molecule has 1 aromatic carbocycles. The molecule has 0 radical (unpaired) electrons. The quantitative estimate of drug-likeness (QED) is 0.903. The van der Waals surface area contributed by atoms with E-state index in [1.54, 1.807) is 20.3 Å². The molecular formula is C14H21FN2O2. The fraction of sp³-hybridized carbons (Fsp3) is 0.571. The number of benzene rings is 1. The molecule has 1 fully saturated rings. The summed E-state index contributed by atoms with van der Waals surface area (Å²) in [5.41, 5.74) is 7.70. The van der Waals surface area contributed by atoms with Crippen molar-refractivity contribution >= 4 is 5.69 Å². The Morgan fingerprint density at radius 1 is 1.26 bits per heavy atom. The van der Waals surface area contributed by atoms with Crippen LogP contribution in [0.5, 0.6) is 0 Å². The third kappa shape index (κ3) is 2.88. The summed E-state index contributed by atoms with van der Waals surface area (Å²) in [5.74, 6) is -0.262. The molecule has 1 aliphatic heterocycles.